The van der Waals surface area contributed by atoms with Gasteiger partial charge < -0.3 is 19.8 Å². The van der Waals surface area contributed by atoms with Crippen molar-refractivity contribution < 1.29 is 18.3 Å². The highest BCUT2D eigenvalue weighted by atomic mass is 19.1. The minimum absolute atomic E-state index is 0.0892. The maximum atomic E-state index is 14.0. The van der Waals surface area contributed by atoms with Crippen molar-refractivity contribution in [3.05, 3.63) is 58.5 Å². The van der Waals surface area contributed by atoms with Crippen LogP contribution in [0.4, 0.5) is 14.6 Å². The lowest BCUT2D eigenvalue weighted by molar-refractivity contribution is 0.0904. The second-order valence-corrected chi connectivity index (χ2v) is 7.31. The summed E-state index contributed by atoms with van der Waals surface area (Å²) in [4.78, 5) is 17.5. The lowest BCUT2D eigenvalue weighted by Crippen LogP contribution is -2.36. The van der Waals surface area contributed by atoms with Crippen LogP contribution in [0.25, 0.3) is 10.9 Å². The zero-order valence-corrected chi connectivity index (χ0v) is 16.7. The summed E-state index contributed by atoms with van der Waals surface area (Å²) < 4.78 is 39.4. The van der Waals surface area contributed by atoms with Gasteiger partial charge in [-0.1, -0.05) is 0 Å². The Morgan fingerprint density at radius 3 is 2.63 bits per heavy atom. The molecule has 1 saturated heterocycles. The van der Waals surface area contributed by atoms with Gasteiger partial charge in [-0.05, 0) is 31.0 Å². The highest BCUT2D eigenvalue weighted by Crippen LogP contribution is 2.26. The molecule has 3 aromatic rings. The minimum Gasteiger partial charge on any atom is -0.448 e. The number of benzene rings is 1. The number of aromatic nitrogens is 2. The van der Waals surface area contributed by atoms with Crippen LogP contribution in [0.3, 0.4) is 0 Å². The van der Waals surface area contributed by atoms with E-state index < -0.39 is 17.2 Å². The molecule has 0 amide bonds. The Bertz CT molecular complexity index is 1130. The Kier molecular flexibility index (Phi) is 5.54. The van der Waals surface area contributed by atoms with Crippen molar-refractivity contribution in [1.29, 1.82) is 0 Å². The van der Waals surface area contributed by atoms with Gasteiger partial charge in [0.05, 0.1) is 5.52 Å². The first-order valence-electron chi connectivity index (χ1n) is 9.63. The quantitative estimate of drug-likeness (QED) is 0.689. The second-order valence-electron chi connectivity index (χ2n) is 7.31. The van der Waals surface area contributed by atoms with Crippen LogP contribution in [0.15, 0.2) is 41.3 Å². The van der Waals surface area contributed by atoms with Crippen LogP contribution < -0.4 is 20.6 Å². The van der Waals surface area contributed by atoms with E-state index in [4.69, 9.17) is 9.47 Å². The summed E-state index contributed by atoms with van der Waals surface area (Å²) in [5.74, 6) is -1.28. The van der Waals surface area contributed by atoms with E-state index in [1.807, 2.05) is 0 Å². The maximum absolute atomic E-state index is 14.0. The molecule has 1 aromatic carbocycles. The first-order valence-corrected chi connectivity index (χ1v) is 9.63. The molecule has 158 valence electrons. The average Bonchev–Trinajstić information content (AvgIpc) is 2.71. The van der Waals surface area contributed by atoms with Crippen molar-refractivity contribution in [2.75, 3.05) is 37.6 Å². The molecule has 1 N–H and O–H groups in total. The lowest BCUT2D eigenvalue weighted by Gasteiger charge is -2.24. The number of nitrogens with zero attached hydrogens (tertiary/aromatic N) is 3. The monoisotopic (exact) mass is 416 g/mol. The Hall–Kier alpha value is -3.20. The Morgan fingerprint density at radius 2 is 1.93 bits per heavy atom. The number of halogens is 2. The number of hydrogen-bond donors (Lipinski definition) is 1. The molecular formula is C21H22F2N4O3. The van der Waals surface area contributed by atoms with Gasteiger partial charge in [0.25, 0.3) is 0 Å². The van der Waals surface area contributed by atoms with Crippen molar-refractivity contribution in [2.45, 2.75) is 18.9 Å². The zero-order valence-electron chi connectivity index (χ0n) is 16.7. The molecule has 0 aliphatic carbocycles. The van der Waals surface area contributed by atoms with E-state index in [0.717, 1.165) is 25.0 Å². The SMILES string of the molecule is CN(C)n1c(=O)c(Oc2ccc(F)cc2F)cc2cnc(NC3CCOCC3)cc21. The fourth-order valence-corrected chi connectivity index (χ4v) is 3.44. The topological polar surface area (TPSA) is 68.6 Å². The normalized spacial score (nSPS) is 14.7. The van der Waals surface area contributed by atoms with E-state index in [-0.39, 0.29) is 17.5 Å². The summed E-state index contributed by atoms with van der Waals surface area (Å²) in [7, 11) is 3.43. The first-order chi connectivity index (χ1) is 14.4. The number of rotatable bonds is 5. The van der Waals surface area contributed by atoms with Gasteiger partial charge in [-0.15, -0.1) is 0 Å². The molecule has 7 nitrogen and oxygen atoms in total. The average molecular weight is 416 g/mol. The van der Waals surface area contributed by atoms with Gasteiger partial charge in [-0.3, -0.25) is 4.79 Å². The fraction of sp³-hybridized carbons (Fsp3) is 0.333. The summed E-state index contributed by atoms with van der Waals surface area (Å²) in [6, 6.07) is 6.48. The minimum atomic E-state index is -0.889. The maximum Gasteiger partial charge on any atom is 0.312 e. The molecule has 0 radical (unpaired) electrons. The molecule has 30 heavy (non-hydrogen) atoms. The summed E-state index contributed by atoms with van der Waals surface area (Å²) in [6.07, 6.45) is 3.40. The van der Waals surface area contributed by atoms with Gasteiger partial charge in [-0.2, -0.15) is 0 Å². The van der Waals surface area contributed by atoms with E-state index in [0.29, 0.717) is 36.0 Å². The molecule has 1 aliphatic rings. The predicted molar refractivity (Wildman–Crippen MR) is 110 cm³/mol. The number of ether oxygens (including phenoxy) is 2. The van der Waals surface area contributed by atoms with E-state index in [9.17, 15) is 13.6 Å². The van der Waals surface area contributed by atoms with Gasteiger partial charge in [0.1, 0.15) is 11.6 Å². The second kappa shape index (κ2) is 8.27. The standard InChI is InChI=1S/C21H22F2N4O3/c1-26(2)27-17-11-20(25-15-5-7-29-8-6-15)24-12-13(17)9-19(21(27)28)30-18-4-3-14(22)10-16(18)23/h3-4,9-12,15H,5-8H2,1-2H3,(H,24,25). The molecular weight excluding hydrogens is 394 g/mol. The summed E-state index contributed by atoms with van der Waals surface area (Å²) in [5.41, 5.74) is 0.154. The molecule has 0 saturated carbocycles. The third kappa shape index (κ3) is 4.06. The van der Waals surface area contributed by atoms with Gasteiger partial charge in [0.15, 0.2) is 17.3 Å². The van der Waals surface area contributed by atoms with Crippen LogP contribution in [0.1, 0.15) is 12.8 Å². The number of nitrogens with one attached hydrogen (secondary N) is 1. The van der Waals surface area contributed by atoms with Crippen molar-refractivity contribution in [3.8, 4) is 11.5 Å². The summed E-state index contributed by atoms with van der Waals surface area (Å²) >= 11 is 0. The van der Waals surface area contributed by atoms with Crippen LogP contribution in [0, 0.1) is 11.6 Å². The fourth-order valence-electron chi connectivity index (χ4n) is 3.44. The third-order valence-corrected chi connectivity index (χ3v) is 4.92. The first kappa shape index (κ1) is 20.1. The van der Waals surface area contributed by atoms with Crippen LogP contribution in [-0.4, -0.2) is 43.0 Å². The number of pyridine rings is 2. The molecule has 0 bridgehead atoms. The van der Waals surface area contributed by atoms with Crippen LogP contribution in [0.5, 0.6) is 11.5 Å². The van der Waals surface area contributed by atoms with Gasteiger partial charge in [0, 0.05) is 57.1 Å². The van der Waals surface area contributed by atoms with Crippen molar-refractivity contribution in [2.24, 2.45) is 0 Å². The van der Waals surface area contributed by atoms with E-state index in [1.165, 1.54) is 10.7 Å². The Balaban J connectivity index is 1.73. The molecule has 1 fully saturated rings. The number of hydrogen-bond acceptors (Lipinski definition) is 6. The number of anilines is 1. The molecule has 3 heterocycles. The highest BCUT2D eigenvalue weighted by Gasteiger charge is 2.18. The van der Waals surface area contributed by atoms with Gasteiger partial charge in [0.2, 0.25) is 0 Å². The zero-order chi connectivity index (χ0) is 21.3. The molecule has 4 rings (SSSR count). The van der Waals surface area contributed by atoms with E-state index in [1.54, 1.807) is 31.4 Å². The largest absolute Gasteiger partial charge is 0.448 e. The van der Waals surface area contributed by atoms with E-state index in [2.05, 4.69) is 10.3 Å². The smallest absolute Gasteiger partial charge is 0.312 e. The summed E-state index contributed by atoms with van der Waals surface area (Å²) in [6.45, 7) is 1.41. The molecule has 9 heteroatoms. The van der Waals surface area contributed by atoms with Gasteiger partial charge >= 0.3 is 5.56 Å². The Labute approximate surface area is 171 Å². The summed E-state index contributed by atoms with van der Waals surface area (Å²) in [5, 5.41) is 5.63. The third-order valence-electron chi connectivity index (χ3n) is 4.92. The molecule has 0 spiro atoms. The van der Waals surface area contributed by atoms with Crippen molar-refractivity contribution in [3.63, 3.8) is 0 Å². The van der Waals surface area contributed by atoms with Crippen LogP contribution >= 0.6 is 0 Å². The predicted octanol–water partition coefficient (Wildman–Crippen LogP) is 3.26. The van der Waals surface area contributed by atoms with Crippen molar-refractivity contribution >= 4 is 16.7 Å². The Morgan fingerprint density at radius 1 is 1.17 bits per heavy atom. The van der Waals surface area contributed by atoms with Crippen LogP contribution in [0.2, 0.25) is 0 Å². The van der Waals surface area contributed by atoms with Gasteiger partial charge in [-0.25, -0.2) is 18.4 Å². The highest BCUT2D eigenvalue weighted by molar-refractivity contribution is 5.82. The number of fused-ring (bicyclic) bond motifs is 1. The molecule has 2 aromatic heterocycles. The van der Waals surface area contributed by atoms with E-state index >= 15 is 0 Å². The van der Waals surface area contributed by atoms with Crippen LogP contribution in [-0.2, 0) is 4.74 Å². The lowest BCUT2D eigenvalue weighted by atomic mass is 10.1. The molecule has 0 atom stereocenters. The molecule has 1 aliphatic heterocycles. The van der Waals surface area contributed by atoms with Crippen molar-refractivity contribution in [1.82, 2.24) is 9.66 Å². The molecule has 0 unspecified atom stereocenters.